The quantitative estimate of drug-likeness (QED) is 0.896. The van der Waals surface area contributed by atoms with Crippen molar-refractivity contribution in [2.45, 2.75) is 45.3 Å². The number of rotatable bonds is 4. The molecule has 5 heteroatoms. The molecule has 5 nitrogen and oxygen atoms in total. The zero-order chi connectivity index (χ0) is 16.2. The Hall–Kier alpha value is -1.75. The number of carbonyl (C=O) groups is 1. The van der Waals surface area contributed by atoms with Crippen molar-refractivity contribution in [3.8, 4) is 0 Å². The number of anilines is 2. The summed E-state index contributed by atoms with van der Waals surface area (Å²) in [5.74, 6) is 0.762. The van der Waals surface area contributed by atoms with Crippen molar-refractivity contribution in [2.75, 3.05) is 29.9 Å². The van der Waals surface area contributed by atoms with Crippen LogP contribution in [-0.2, 0) is 4.74 Å². The SMILES string of the molecule is CC1CCN(c2ccc(NC(=O)NC(C)C3CCCO3)cc2)C1. The number of nitrogens with one attached hydrogen (secondary N) is 2. The summed E-state index contributed by atoms with van der Waals surface area (Å²) in [5, 5.41) is 5.86. The Morgan fingerprint density at radius 1 is 1.30 bits per heavy atom. The molecule has 1 aromatic carbocycles. The number of urea groups is 1. The standard InChI is InChI=1S/C18H27N3O2/c1-13-9-10-21(12-13)16-7-5-15(6-8-16)20-18(22)19-14(2)17-4-3-11-23-17/h5-8,13-14,17H,3-4,9-12H2,1-2H3,(H2,19,20,22). The van der Waals surface area contributed by atoms with E-state index in [1.54, 1.807) is 0 Å². The Kier molecular flexibility index (Phi) is 5.06. The maximum atomic E-state index is 12.1. The summed E-state index contributed by atoms with van der Waals surface area (Å²) in [5.41, 5.74) is 2.05. The summed E-state index contributed by atoms with van der Waals surface area (Å²) >= 11 is 0. The van der Waals surface area contributed by atoms with Gasteiger partial charge in [-0.3, -0.25) is 0 Å². The number of benzene rings is 1. The molecule has 3 unspecified atom stereocenters. The van der Waals surface area contributed by atoms with Crippen LogP contribution in [0, 0.1) is 5.92 Å². The van der Waals surface area contributed by atoms with Gasteiger partial charge in [0.15, 0.2) is 0 Å². The van der Waals surface area contributed by atoms with Gasteiger partial charge >= 0.3 is 6.03 Å². The van der Waals surface area contributed by atoms with Gasteiger partial charge in [-0.25, -0.2) is 4.79 Å². The third-order valence-electron chi connectivity index (χ3n) is 4.80. The monoisotopic (exact) mass is 317 g/mol. The second kappa shape index (κ2) is 7.21. The van der Waals surface area contributed by atoms with Gasteiger partial charge in [0, 0.05) is 31.1 Å². The van der Waals surface area contributed by atoms with E-state index in [1.807, 2.05) is 19.1 Å². The molecule has 0 spiro atoms. The summed E-state index contributed by atoms with van der Waals surface area (Å²) in [4.78, 5) is 14.5. The molecule has 2 saturated heterocycles. The van der Waals surface area contributed by atoms with E-state index in [0.717, 1.165) is 44.1 Å². The molecule has 0 bridgehead atoms. The summed E-state index contributed by atoms with van der Waals surface area (Å²) < 4.78 is 5.60. The molecular weight excluding hydrogens is 290 g/mol. The van der Waals surface area contributed by atoms with E-state index in [-0.39, 0.29) is 18.2 Å². The highest BCUT2D eigenvalue weighted by Gasteiger charge is 2.23. The van der Waals surface area contributed by atoms with Crippen LogP contribution in [0.25, 0.3) is 0 Å². The zero-order valence-corrected chi connectivity index (χ0v) is 14.0. The van der Waals surface area contributed by atoms with E-state index in [1.165, 1.54) is 12.1 Å². The van der Waals surface area contributed by atoms with E-state index in [9.17, 15) is 4.79 Å². The van der Waals surface area contributed by atoms with Crippen molar-refractivity contribution < 1.29 is 9.53 Å². The number of hydrogen-bond acceptors (Lipinski definition) is 3. The van der Waals surface area contributed by atoms with Crippen molar-refractivity contribution in [2.24, 2.45) is 5.92 Å². The minimum atomic E-state index is -0.171. The molecular formula is C18H27N3O2. The van der Waals surface area contributed by atoms with Gasteiger partial charge in [0.1, 0.15) is 0 Å². The molecule has 1 aromatic rings. The van der Waals surface area contributed by atoms with E-state index in [0.29, 0.717) is 0 Å². The minimum absolute atomic E-state index is 0.0304. The fourth-order valence-electron chi connectivity index (χ4n) is 3.39. The van der Waals surface area contributed by atoms with Gasteiger partial charge in [0.05, 0.1) is 12.1 Å². The third kappa shape index (κ3) is 4.16. The maximum absolute atomic E-state index is 12.1. The Balaban J connectivity index is 1.50. The van der Waals surface area contributed by atoms with E-state index < -0.39 is 0 Å². The maximum Gasteiger partial charge on any atom is 0.319 e. The molecule has 23 heavy (non-hydrogen) atoms. The molecule has 0 radical (unpaired) electrons. The van der Waals surface area contributed by atoms with Crippen LogP contribution in [0.2, 0.25) is 0 Å². The highest BCUT2D eigenvalue weighted by atomic mass is 16.5. The average Bonchev–Trinajstić information content (AvgIpc) is 3.19. The van der Waals surface area contributed by atoms with Crippen LogP contribution in [-0.4, -0.2) is 37.9 Å². The van der Waals surface area contributed by atoms with Crippen molar-refractivity contribution in [1.82, 2.24) is 5.32 Å². The van der Waals surface area contributed by atoms with Crippen LogP contribution in [0.3, 0.4) is 0 Å². The third-order valence-corrected chi connectivity index (χ3v) is 4.80. The van der Waals surface area contributed by atoms with Crippen molar-refractivity contribution in [3.63, 3.8) is 0 Å². The van der Waals surface area contributed by atoms with Crippen LogP contribution < -0.4 is 15.5 Å². The molecule has 3 rings (SSSR count). The second-order valence-corrected chi connectivity index (χ2v) is 6.83. The predicted molar refractivity (Wildman–Crippen MR) is 93.0 cm³/mol. The van der Waals surface area contributed by atoms with Crippen LogP contribution >= 0.6 is 0 Å². The number of hydrogen-bond donors (Lipinski definition) is 2. The molecule has 0 saturated carbocycles. The van der Waals surface area contributed by atoms with Gasteiger partial charge in [0.25, 0.3) is 0 Å². The highest BCUT2D eigenvalue weighted by Crippen LogP contribution is 2.24. The Labute approximate surface area is 138 Å². The smallest absolute Gasteiger partial charge is 0.319 e. The largest absolute Gasteiger partial charge is 0.376 e. The summed E-state index contributed by atoms with van der Waals surface area (Å²) in [6.45, 7) is 7.32. The number of carbonyl (C=O) groups excluding carboxylic acids is 1. The lowest BCUT2D eigenvalue weighted by molar-refractivity contribution is 0.0868. The fourth-order valence-corrected chi connectivity index (χ4v) is 3.39. The topological polar surface area (TPSA) is 53.6 Å². The first-order valence-electron chi connectivity index (χ1n) is 8.66. The van der Waals surface area contributed by atoms with Gasteiger partial charge in [-0.15, -0.1) is 0 Å². The van der Waals surface area contributed by atoms with E-state index in [4.69, 9.17) is 4.74 Å². The zero-order valence-electron chi connectivity index (χ0n) is 14.0. The lowest BCUT2D eigenvalue weighted by atomic mass is 10.1. The summed E-state index contributed by atoms with van der Waals surface area (Å²) in [7, 11) is 0. The number of ether oxygens (including phenoxy) is 1. The Morgan fingerprint density at radius 3 is 2.70 bits per heavy atom. The van der Waals surface area contributed by atoms with Crippen molar-refractivity contribution in [1.29, 1.82) is 0 Å². The van der Waals surface area contributed by atoms with E-state index >= 15 is 0 Å². The van der Waals surface area contributed by atoms with E-state index in [2.05, 4.69) is 34.6 Å². The first-order chi connectivity index (χ1) is 11.1. The van der Waals surface area contributed by atoms with Gasteiger partial charge in [-0.2, -0.15) is 0 Å². The molecule has 0 aliphatic carbocycles. The molecule has 2 fully saturated rings. The van der Waals surface area contributed by atoms with Crippen molar-refractivity contribution in [3.05, 3.63) is 24.3 Å². The van der Waals surface area contributed by atoms with Gasteiger partial charge < -0.3 is 20.3 Å². The lowest BCUT2D eigenvalue weighted by Gasteiger charge is -2.21. The first-order valence-corrected chi connectivity index (χ1v) is 8.66. The lowest BCUT2D eigenvalue weighted by Crippen LogP contribution is -2.42. The molecule has 3 atom stereocenters. The Morgan fingerprint density at radius 2 is 2.09 bits per heavy atom. The fraction of sp³-hybridized carbons (Fsp3) is 0.611. The molecule has 2 heterocycles. The molecule has 126 valence electrons. The second-order valence-electron chi connectivity index (χ2n) is 6.83. The molecule has 2 N–H and O–H groups in total. The van der Waals surface area contributed by atoms with Gasteiger partial charge in [0.2, 0.25) is 0 Å². The number of nitrogens with zero attached hydrogens (tertiary/aromatic N) is 1. The van der Waals surface area contributed by atoms with Crippen LogP contribution in [0.4, 0.5) is 16.2 Å². The summed E-state index contributed by atoms with van der Waals surface area (Å²) in [6, 6.07) is 7.95. The van der Waals surface area contributed by atoms with Crippen LogP contribution in [0.1, 0.15) is 33.1 Å². The average molecular weight is 317 g/mol. The Bertz CT molecular complexity index is 526. The van der Waals surface area contributed by atoms with Crippen molar-refractivity contribution >= 4 is 17.4 Å². The molecule has 2 amide bonds. The van der Waals surface area contributed by atoms with Crippen LogP contribution in [0.15, 0.2) is 24.3 Å². The summed E-state index contributed by atoms with van der Waals surface area (Å²) in [6.07, 6.45) is 3.49. The normalized spacial score (nSPS) is 25.4. The minimum Gasteiger partial charge on any atom is -0.376 e. The molecule has 2 aliphatic rings. The van der Waals surface area contributed by atoms with Gasteiger partial charge in [-0.05, 0) is 56.4 Å². The van der Waals surface area contributed by atoms with Crippen LogP contribution in [0.5, 0.6) is 0 Å². The number of amides is 2. The van der Waals surface area contributed by atoms with Gasteiger partial charge in [-0.1, -0.05) is 6.92 Å². The first kappa shape index (κ1) is 16.1. The molecule has 0 aromatic heterocycles. The highest BCUT2D eigenvalue weighted by molar-refractivity contribution is 5.89. The molecule has 2 aliphatic heterocycles. The predicted octanol–water partition coefficient (Wildman–Crippen LogP) is 3.22.